The van der Waals surface area contributed by atoms with Crippen molar-refractivity contribution in [2.75, 3.05) is 19.8 Å². The summed E-state index contributed by atoms with van der Waals surface area (Å²) in [5, 5.41) is 3.84. The molecule has 2 aliphatic rings. The zero-order chi connectivity index (χ0) is 12.5. The second-order valence-electron chi connectivity index (χ2n) is 7.46. The molecule has 0 aromatic rings. The Kier molecular flexibility index (Phi) is 3.84. The smallest absolute Gasteiger partial charge is 0.0471 e. The third kappa shape index (κ3) is 3.45. The fraction of sp³-hybridized carbons (Fsp3) is 1.00. The Labute approximate surface area is 107 Å². The van der Waals surface area contributed by atoms with Crippen molar-refractivity contribution in [1.82, 2.24) is 5.32 Å². The van der Waals surface area contributed by atoms with Crippen molar-refractivity contribution in [2.24, 2.45) is 16.7 Å². The minimum absolute atomic E-state index is 0.463. The first-order valence-corrected chi connectivity index (χ1v) is 7.21. The van der Waals surface area contributed by atoms with Crippen molar-refractivity contribution in [3.05, 3.63) is 0 Å². The summed E-state index contributed by atoms with van der Waals surface area (Å²) in [6.45, 7) is 12.7. The molecule has 1 saturated carbocycles. The van der Waals surface area contributed by atoms with Gasteiger partial charge in [-0.05, 0) is 42.4 Å². The molecular weight excluding hydrogens is 210 g/mol. The molecular formula is C15H29NO. The molecule has 0 aromatic heterocycles. The van der Waals surface area contributed by atoms with Gasteiger partial charge in [0, 0.05) is 25.8 Å². The first-order valence-electron chi connectivity index (χ1n) is 7.21. The van der Waals surface area contributed by atoms with E-state index in [0.29, 0.717) is 10.8 Å². The molecule has 100 valence electrons. The summed E-state index contributed by atoms with van der Waals surface area (Å²) in [5.41, 5.74) is 0.998. The summed E-state index contributed by atoms with van der Waals surface area (Å²) < 4.78 is 5.46. The normalized spacial score (nSPS) is 36.0. The molecule has 1 heterocycles. The number of nitrogens with one attached hydrogen (secondary N) is 1. The average molecular weight is 239 g/mol. The van der Waals surface area contributed by atoms with Crippen LogP contribution in [-0.4, -0.2) is 25.8 Å². The molecule has 2 heteroatoms. The fourth-order valence-corrected chi connectivity index (χ4v) is 3.59. The summed E-state index contributed by atoms with van der Waals surface area (Å²) in [5.74, 6) is 0.827. The quantitative estimate of drug-likeness (QED) is 0.816. The van der Waals surface area contributed by atoms with Crippen LogP contribution in [-0.2, 0) is 4.74 Å². The second-order valence-corrected chi connectivity index (χ2v) is 7.46. The van der Waals surface area contributed by atoms with Gasteiger partial charge in [0.15, 0.2) is 0 Å². The molecule has 2 unspecified atom stereocenters. The van der Waals surface area contributed by atoms with E-state index in [1.54, 1.807) is 0 Å². The lowest BCUT2D eigenvalue weighted by atomic mass is 9.82. The highest BCUT2D eigenvalue weighted by Gasteiger charge is 2.37. The highest BCUT2D eigenvalue weighted by atomic mass is 16.5. The zero-order valence-electron chi connectivity index (χ0n) is 12.0. The van der Waals surface area contributed by atoms with Gasteiger partial charge in [-0.25, -0.2) is 0 Å². The van der Waals surface area contributed by atoms with E-state index in [1.165, 1.54) is 32.2 Å². The SMILES string of the molecule is CC1CC(C)(C)CC1NCC1(C)CCOCC1. The highest BCUT2D eigenvalue weighted by Crippen LogP contribution is 2.41. The van der Waals surface area contributed by atoms with Gasteiger partial charge in [0.05, 0.1) is 0 Å². The number of ether oxygens (including phenoxy) is 1. The van der Waals surface area contributed by atoms with Crippen molar-refractivity contribution in [3.8, 4) is 0 Å². The van der Waals surface area contributed by atoms with Crippen LogP contribution < -0.4 is 5.32 Å². The molecule has 0 spiro atoms. The molecule has 0 aromatic carbocycles. The zero-order valence-corrected chi connectivity index (χ0v) is 12.0. The van der Waals surface area contributed by atoms with Gasteiger partial charge in [0.2, 0.25) is 0 Å². The number of rotatable bonds is 3. The molecule has 2 nitrogen and oxygen atoms in total. The molecule has 1 aliphatic heterocycles. The lowest BCUT2D eigenvalue weighted by Gasteiger charge is -2.35. The van der Waals surface area contributed by atoms with Crippen molar-refractivity contribution in [3.63, 3.8) is 0 Å². The third-order valence-electron chi connectivity index (χ3n) is 4.82. The number of hydrogen-bond acceptors (Lipinski definition) is 2. The predicted molar refractivity (Wildman–Crippen MR) is 72.1 cm³/mol. The van der Waals surface area contributed by atoms with Gasteiger partial charge >= 0.3 is 0 Å². The average Bonchev–Trinajstić information content (AvgIpc) is 2.50. The standard InChI is InChI=1S/C15H29NO/c1-12-9-14(2,3)10-13(12)16-11-15(4)5-7-17-8-6-15/h12-13,16H,5-11H2,1-4H3. The van der Waals surface area contributed by atoms with E-state index in [-0.39, 0.29) is 0 Å². The van der Waals surface area contributed by atoms with Crippen molar-refractivity contribution in [1.29, 1.82) is 0 Å². The van der Waals surface area contributed by atoms with Crippen LogP contribution in [0.15, 0.2) is 0 Å². The molecule has 2 fully saturated rings. The molecule has 17 heavy (non-hydrogen) atoms. The Bertz CT molecular complexity index is 256. The monoisotopic (exact) mass is 239 g/mol. The van der Waals surface area contributed by atoms with Gasteiger partial charge in [0.25, 0.3) is 0 Å². The molecule has 0 bridgehead atoms. The van der Waals surface area contributed by atoms with Crippen LogP contribution in [0.25, 0.3) is 0 Å². The molecule has 1 saturated heterocycles. The third-order valence-corrected chi connectivity index (χ3v) is 4.82. The highest BCUT2D eigenvalue weighted by molar-refractivity contribution is 4.92. The minimum atomic E-state index is 0.463. The van der Waals surface area contributed by atoms with Gasteiger partial charge in [-0.2, -0.15) is 0 Å². The van der Waals surface area contributed by atoms with Gasteiger partial charge < -0.3 is 10.1 Å². The summed E-state index contributed by atoms with van der Waals surface area (Å²) >= 11 is 0. The molecule has 0 radical (unpaired) electrons. The van der Waals surface area contributed by atoms with E-state index in [2.05, 4.69) is 33.0 Å². The molecule has 1 N–H and O–H groups in total. The van der Waals surface area contributed by atoms with Crippen molar-refractivity contribution >= 4 is 0 Å². The van der Waals surface area contributed by atoms with Crippen molar-refractivity contribution < 1.29 is 4.74 Å². The number of hydrogen-bond donors (Lipinski definition) is 1. The van der Waals surface area contributed by atoms with E-state index < -0.39 is 0 Å². The van der Waals surface area contributed by atoms with E-state index in [4.69, 9.17) is 4.74 Å². The summed E-state index contributed by atoms with van der Waals surface area (Å²) in [7, 11) is 0. The van der Waals surface area contributed by atoms with Gasteiger partial charge in [-0.1, -0.05) is 27.7 Å². The first-order chi connectivity index (χ1) is 7.90. The van der Waals surface area contributed by atoms with Crippen LogP contribution in [0.4, 0.5) is 0 Å². The summed E-state index contributed by atoms with van der Waals surface area (Å²) in [6.07, 6.45) is 5.13. The predicted octanol–water partition coefficient (Wildman–Crippen LogP) is 3.22. The lowest BCUT2D eigenvalue weighted by molar-refractivity contribution is 0.0223. The van der Waals surface area contributed by atoms with Crippen molar-refractivity contribution in [2.45, 2.75) is 59.4 Å². The molecule has 0 amide bonds. The Morgan fingerprint density at radius 2 is 1.76 bits per heavy atom. The van der Waals surface area contributed by atoms with Crippen LogP contribution in [0.3, 0.4) is 0 Å². The van der Waals surface area contributed by atoms with E-state index in [0.717, 1.165) is 25.2 Å². The maximum Gasteiger partial charge on any atom is 0.0471 e. The van der Waals surface area contributed by atoms with Gasteiger partial charge in [-0.3, -0.25) is 0 Å². The summed E-state index contributed by atoms with van der Waals surface area (Å²) in [6, 6.07) is 0.727. The van der Waals surface area contributed by atoms with E-state index in [9.17, 15) is 0 Å². The van der Waals surface area contributed by atoms with Crippen LogP contribution in [0, 0.1) is 16.7 Å². The maximum atomic E-state index is 5.46. The Balaban J connectivity index is 1.82. The minimum Gasteiger partial charge on any atom is -0.381 e. The van der Waals surface area contributed by atoms with Crippen LogP contribution in [0.5, 0.6) is 0 Å². The Hall–Kier alpha value is -0.0800. The first kappa shape index (κ1) is 13.4. The maximum absolute atomic E-state index is 5.46. The van der Waals surface area contributed by atoms with Gasteiger partial charge in [0.1, 0.15) is 0 Å². The van der Waals surface area contributed by atoms with Crippen LogP contribution >= 0.6 is 0 Å². The van der Waals surface area contributed by atoms with E-state index >= 15 is 0 Å². The summed E-state index contributed by atoms with van der Waals surface area (Å²) in [4.78, 5) is 0. The molecule has 1 aliphatic carbocycles. The Morgan fingerprint density at radius 3 is 2.29 bits per heavy atom. The molecule has 2 atom stereocenters. The second kappa shape index (κ2) is 4.89. The van der Waals surface area contributed by atoms with E-state index in [1.807, 2.05) is 0 Å². The molecule has 2 rings (SSSR count). The topological polar surface area (TPSA) is 21.3 Å². The van der Waals surface area contributed by atoms with Gasteiger partial charge in [-0.15, -0.1) is 0 Å². The van der Waals surface area contributed by atoms with Crippen LogP contribution in [0.2, 0.25) is 0 Å². The fourth-order valence-electron chi connectivity index (χ4n) is 3.59. The Morgan fingerprint density at radius 1 is 1.12 bits per heavy atom. The lowest BCUT2D eigenvalue weighted by Crippen LogP contribution is -2.42. The largest absolute Gasteiger partial charge is 0.381 e. The van der Waals surface area contributed by atoms with Crippen LogP contribution in [0.1, 0.15) is 53.4 Å².